The molecule has 0 aliphatic carbocycles. The summed E-state index contributed by atoms with van der Waals surface area (Å²) in [4.78, 5) is 25.0. The van der Waals surface area contributed by atoms with Crippen molar-refractivity contribution in [2.24, 2.45) is 0 Å². The average Bonchev–Trinajstić information content (AvgIpc) is 2.55. The minimum absolute atomic E-state index is 0.00424. The SMILES string of the molecule is CC(C)(C)N(CCC(=O)O)C(=O)C1CCCCCN1. The van der Waals surface area contributed by atoms with Crippen LogP contribution < -0.4 is 5.32 Å². The van der Waals surface area contributed by atoms with Gasteiger partial charge in [0, 0.05) is 12.1 Å². The van der Waals surface area contributed by atoms with Crippen LogP contribution in [-0.4, -0.2) is 46.6 Å². The Hall–Kier alpha value is -1.10. The number of carbonyl (C=O) groups is 2. The second-order valence-electron chi connectivity index (χ2n) is 6.16. The van der Waals surface area contributed by atoms with Gasteiger partial charge < -0.3 is 15.3 Å². The van der Waals surface area contributed by atoms with E-state index < -0.39 is 5.97 Å². The monoisotopic (exact) mass is 270 g/mol. The minimum atomic E-state index is -0.865. The fraction of sp³-hybridized carbons (Fsp3) is 0.857. The predicted molar refractivity (Wildman–Crippen MR) is 74.0 cm³/mol. The van der Waals surface area contributed by atoms with Gasteiger partial charge in [0.05, 0.1) is 12.5 Å². The standard InChI is InChI=1S/C14H26N2O3/c1-14(2,3)16(10-8-12(17)18)13(19)11-7-5-4-6-9-15-11/h11,15H,4-10H2,1-3H3,(H,17,18). The van der Waals surface area contributed by atoms with Crippen molar-refractivity contribution < 1.29 is 14.7 Å². The van der Waals surface area contributed by atoms with Crippen LogP contribution in [-0.2, 0) is 9.59 Å². The highest BCUT2D eigenvalue weighted by molar-refractivity contribution is 5.83. The third-order valence-electron chi connectivity index (χ3n) is 3.48. The summed E-state index contributed by atoms with van der Waals surface area (Å²) in [7, 11) is 0. The maximum atomic E-state index is 12.6. The molecule has 0 aromatic carbocycles. The van der Waals surface area contributed by atoms with Crippen molar-refractivity contribution in [3.05, 3.63) is 0 Å². The molecular weight excluding hydrogens is 244 g/mol. The molecule has 1 heterocycles. The fourth-order valence-corrected chi connectivity index (χ4v) is 2.41. The zero-order chi connectivity index (χ0) is 14.5. The molecule has 0 bridgehead atoms. The number of nitrogens with zero attached hydrogens (tertiary/aromatic N) is 1. The molecule has 2 N–H and O–H groups in total. The third-order valence-corrected chi connectivity index (χ3v) is 3.48. The van der Waals surface area contributed by atoms with Gasteiger partial charge in [-0.25, -0.2) is 0 Å². The first-order chi connectivity index (χ1) is 8.82. The Bertz CT molecular complexity index is 315. The van der Waals surface area contributed by atoms with Gasteiger partial charge in [-0.3, -0.25) is 9.59 Å². The van der Waals surface area contributed by atoms with Crippen LogP contribution in [0.3, 0.4) is 0 Å². The predicted octanol–water partition coefficient (Wildman–Crippen LogP) is 1.62. The van der Waals surface area contributed by atoms with Gasteiger partial charge in [0.25, 0.3) is 0 Å². The molecule has 1 saturated heterocycles. The summed E-state index contributed by atoms with van der Waals surface area (Å²) in [5, 5.41) is 12.1. The quantitative estimate of drug-likeness (QED) is 0.814. The zero-order valence-electron chi connectivity index (χ0n) is 12.2. The molecule has 5 heteroatoms. The first-order valence-electron chi connectivity index (χ1n) is 7.09. The van der Waals surface area contributed by atoms with Gasteiger partial charge in [0.15, 0.2) is 0 Å². The second-order valence-corrected chi connectivity index (χ2v) is 6.16. The van der Waals surface area contributed by atoms with Crippen molar-refractivity contribution in [2.45, 2.75) is 64.5 Å². The van der Waals surface area contributed by atoms with E-state index in [-0.39, 0.29) is 30.5 Å². The van der Waals surface area contributed by atoms with E-state index in [2.05, 4.69) is 5.32 Å². The summed E-state index contributed by atoms with van der Waals surface area (Å²) in [6, 6.07) is -0.157. The molecule has 1 amide bonds. The first-order valence-corrected chi connectivity index (χ1v) is 7.09. The molecule has 110 valence electrons. The number of carboxylic acids is 1. The van der Waals surface area contributed by atoms with Crippen molar-refractivity contribution in [1.29, 1.82) is 0 Å². The Balaban J connectivity index is 2.72. The molecule has 0 aromatic rings. The highest BCUT2D eigenvalue weighted by Crippen LogP contribution is 2.18. The van der Waals surface area contributed by atoms with E-state index in [0.29, 0.717) is 0 Å². The largest absolute Gasteiger partial charge is 0.481 e. The maximum Gasteiger partial charge on any atom is 0.305 e. The average molecular weight is 270 g/mol. The van der Waals surface area contributed by atoms with Gasteiger partial charge >= 0.3 is 5.97 Å². The number of hydrogen-bond acceptors (Lipinski definition) is 3. The van der Waals surface area contributed by atoms with Gasteiger partial charge in [-0.15, -0.1) is 0 Å². The summed E-state index contributed by atoms with van der Waals surface area (Å²) in [6.45, 7) is 6.99. The molecular formula is C14H26N2O3. The van der Waals surface area contributed by atoms with E-state index in [1.165, 1.54) is 0 Å². The summed E-state index contributed by atoms with van der Waals surface area (Å²) >= 11 is 0. The highest BCUT2D eigenvalue weighted by Gasteiger charge is 2.31. The molecule has 1 atom stereocenters. The van der Waals surface area contributed by atoms with E-state index in [4.69, 9.17) is 5.11 Å². The number of carboxylic acid groups (broad SMARTS) is 1. The molecule has 0 spiro atoms. The van der Waals surface area contributed by atoms with E-state index >= 15 is 0 Å². The molecule has 1 aliphatic heterocycles. The number of carbonyl (C=O) groups excluding carboxylic acids is 1. The number of aliphatic carboxylic acids is 1. The van der Waals surface area contributed by atoms with E-state index in [9.17, 15) is 9.59 Å². The van der Waals surface area contributed by atoms with Gasteiger partial charge in [0.2, 0.25) is 5.91 Å². The molecule has 0 aromatic heterocycles. The van der Waals surface area contributed by atoms with E-state index in [0.717, 1.165) is 32.2 Å². The van der Waals surface area contributed by atoms with Gasteiger partial charge in [0.1, 0.15) is 0 Å². The van der Waals surface area contributed by atoms with Crippen LogP contribution in [0.2, 0.25) is 0 Å². The topological polar surface area (TPSA) is 69.6 Å². The Morgan fingerprint density at radius 2 is 1.95 bits per heavy atom. The molecule has 1 rings (SSSR count). The molecule has 1 unspecified atom stereocenters. The van der Waals surface area contributed by atoms with Crippen LogP contribution in [0, 0.1) is 0 Å². The van der Waals surface area contributed by atoms with Crippen LogP contribution in [0.1, 0.15) is 52.9 Å². The van der Waals surface area contributed by atoms with Crippen LogP contribution in [0.4, 0.5) is 0 Å². The Morgan fingerprint density at radius 1 is 1.26 bits per heavy atom. The number of amides is 1. The molecule has 1 fully saturated rings. The minimum Gasteiger partial charge on any atom is -0.481 e. The van der Waals surface area contributed by atoms with Crippen LogP contribution in [0.25, 0.3) is 0 Å². The second kappa shape index (κ2) is 6.89. The van der Waals surface area contributed by atoms with Crippen molar-refractivity contribution in [3.63, 3.8) is 0 Å². The lowest BCUT2D eigenvalue weighted by atomic mass is 10.0. The van der Waals surface area contributed by atoms with E-state index in [1.54, 1.807) is 4.90 Å². The first kappa shape index (κ1) is 16.0. The fourth-order valence-electron chi connectivity index (χ4n) is 2.41. The number of nitrogens with one attached hydrogen (secondary N) is 1. The smallest absolute Gasteiger partial charge is 0.305 e. The molecule has 19 heavy (non-hydrogen) atoms. The summed E-state index contributed by atoms with van der Waals surface area (Å²) in [5.41, 5.74) is -0.347. The van der Waals surface area contributed by atoms with Crippen molar-refractivity contribution >= 4 is 11.9 Å². The van der Waals surface area contributed by atoms with Crippen molar-refractivity contribution in [1.82, 2.24) is 10.2 Å². The van der Waals surface area contributed by atoms with Crippen LogP contribution in [0.5, 0.6) is 0 Å². The zero-order valence-corrected chi connectivity index (χ0v) is 12.2. The maximum absolute atomic E-state index is 12.6. The lowest BCUT2D eigenvalue weighted by Crippen LogP contribution is -2.54. The lowest BCUT2D eigenvalue weighted by Gasteiger charge is -2.38. The summed E-state index contributed by atoms with van der Waals surface area (Å²) in [5.74, 6) is -0.827. The summed E-state index contributed by atoms with van der Waals surface area (Å²) < 4.78 is 0. The molecule has 5 nitrogen and oxygen atoms in total. The highest BCUT2D eigenvalue weighted by atomic mass is 16.4. The normalized spacial score (nSPS) is 20.7. The van der Waals surface area contributed by atoms with Crippen LogP contribution >= 0.6 is 0 Å². The molecule has 0 saturated carbocycles. The lowest BCUT2D eigenvalue weighted by molar-refractivity contribution is -0.141. The molecule has 0 radical (unpaired) electrons. The Kier molecular flexibility index (Phi) is 5.79. The number of hydrogen-bond donors (Lipinski definition) is 2. The molecule has 1 aliphatic rings. The third kappa shape index (κ3) is 5.19. The van der Waals surface area contributed by atoms with Gasteiger partial charge in [-0.2, -0.15) is 0 Å². The van der Waals surface area contributed by atoms with E-state index in [1.807, 2.05) is 20.8 Å². The Morgan fingerprint density at radius 3 is 2.53 bits per heavy atom. The van der Waals surface area contributed by atoms with Crippen LogP contribution in [0.15, 0.2) is 0 Å². The summed E-state index contributed by atoms with van der Waals surface area (Å²) in [6.07, 6.45) is 4.16. The van der Waals surface area contributed by atoms with Gasteiger partial charge in [-0.05, 0) is 40.2 Å². The van der Waals surface area contributed by atoms with Crippen molar-refractivity contribution in [3.8, 4) is 0 Å². The Labute approximate surface area is 115 Å². The van der Waals surface area contributed by atoms with Gasteiger partial charge in [-0.1, -0.05) is 12.8 Å². The van der Waals surface area contributed by atoms with Crippen molar-refractivity contribution in [2.75, 3.05) is 13.1 Å². The number of rotatable bonds is 4.